The summed E-state index contributed by atoms with van der Waals surface area (Å²) in [6, 6.07) is 3.70. The van der Waals surface area contributed by atoms with E-state index in [1.165, 1.54) is 13.0 Å². The number of carbonyl (C=O) groups is 1. The molecule has 0 aromatic heterocycles. The molecule has 0 spiro atoms. The van der Waals surface area contributed by atoms with Crippen LogP contribution in [0.5, 0.6) is 5.75 Å². The zero-order valence-electron chi connectivity index (χ0n) is 18.6. The summed E-state index contributed by atoms with van der Waals surface area (Å²) in [5.74, 6) is -3.10. The summed E-state index contributed by atoms with van der Waals surface area (Å²) in [5, 5.41) is 2.47. The number of alkyl halides is 3. The first-order valence-electron chi connectivity index (χ1n) is 9.90. The van der Waals surface area contributed by atoms with Gasteiger partial charge in [-0.25, -0.2) is 17.2 Å². The highest BCUT2D eigenvalue weighted by Crippen LogP contribution is 2.34. The van der Waals surface area contributed by atoms with E-state index in [2.05, 4.69) is 5.32 Å². The normalized spacial score (nSPS) is 13.2. The van der Waals surface area contributed by atoms with Crippen molar-refractivity contribution < 1.29 is 39.9 Å². The van der Waals surface area contributed by atoms with Crippen LogP contribution >= 0.6 is 0 Å². The largest absolute Gasteiger partial charge is 0.490 e. The molecule has 0 fully saturated rings. The molecule has 1 atom stereocenters. The van der Waals surface area contributed by atoms with E-state index < -0.39 is 57.1 Å². The van der Waals surface area contributed by atoms with Crippen LogP contribution in [0.15, 0.2) is 36.4 Å². The SMILES string of the molecule is CC(C)Oc1cc(C(F)(F)F)ccc1/C=C\C(=O)NC(C)c1cc(F)c(NS(C)(=O)=O)c(F)c1. The smallest absolute Gasteiger partial charge is 0.416 e. The fourth-order valence-corrected chi connectivity index (χ4v) is 3.41. The van der Waals surface area contributed by atoms with E-state index in [1.807, 2.05) is 0 Å². The van der Waals surface area contributed by atoms with Crippen LogP contribution in [-0.2, 0) is 21.0 Å². The van der Waals surface area contributed by atoms with Crippen molar-refractivity contribution in [2.75, 3.05) is 11.0 Å². The highest BCUT2D eigenvalue weighted by molar-refractivity contribution is 7.92. The molecule has 0 radical (unpaired) electrons. The highest BCUT2D eigenvalue weighted by Gasteiger charge is 2.31. The fraction of sp³-hybridized carbons (Fsp3) is 0.318. The number of rotatable bonds is 8. The molecule has 0 aliphatic rings. The minimum atomic E-state index is -4.57. The van der Waals surface area contributed by atoms with Crippen LogP contribution in [0.25, 0.3) is 6.08 Å². The van der Waals surface area contributed by atoms with E-state index in [-0.39, 0.29) is 16.9 Å². The minimum Gasteiger partial charge on any atom is -0.490 e. The average molecular weight is 506 g/mol. The highest BCUT2D eigenvalue weighted by atomic mass is 32.2. The number of nitrogens with one attached hydrogen (secondary N) is 2. The maximum absolute atomic E-state index is 14.2. The van der Waals surface area contributed by atoms with Gasteiger partial charge in [0.25, 0.3) is 0 Å². The lowest BCUT2D eigenvalue weighted by Crippen LogP contribution is -2.25. The molecule has 0 heterocycles. The predicted molar refractivity (Wildman–Crippen MR) is 118 cm³/mol. The molecule has 34 heavy (non-hydrogen) atoms. The van der Waals surface area contributed by atoms with Gasteiger partial charge in [0.15, 0.2) is 11.6 Å². The molecule has 2 N–H and O–H groups in total. The Labute approximate surface area is 193 Å². The van der Waals surface area contributed by atoms with Gasteiger partial charge in [0.05, 0.1) is 24.0 Å². The van der Waals surface area contributed by atoms with Crippen LogP contribution in [0.3, 0.4) is 0 Å². The summed E-state index contributed by atoms with van der Waals surface area (Å²) in [5.41, 5.74) is -1.51. The van der Waals surface area contributed by atoms with Gasteiger partial charge in [0.2, 0.25) is 15.9 Å². The summed E-state index contributed by atoms with van der Waals surface area (Å²) in [6.45, 7) is 4.71. The zero-order valence-corrected chi connectivity index (χ0v) is 19.4. The van der Waals surface area contributed by atoms with Gasteiger partial charge < -0.3 is 10.1 Å². The van der Waals surface area contributed by atoms with Crippen molar-refractivity contribution in [3.8, 4) is 5.75 Å². The number of ether oxygens (including phenoxy) is 1. The Morgan fingerprint density at radius 3 is 2.15 bits per heavy atom. The van der Waals surface area contributed by atoms with Crippen molar-refractivity contribution in [1.29, 1.82) is 0 Å². The Balaban J connectivity index is 2.20. The molecule has 2 aromatic rings. The third-order valence-corrected chi connectivity index (χ3v) is 4.90. The number of hydrogen-bond donors (Lipinski definition) is 2. The lowest BCUT2D eigenvalue weighted by atomic mass is 10.1. The third kappa shape index (κ3) is 7.72. The molecule has 2 rings (SSSR count). The summed E-state index contributed by atoms with van der Waals surface area (Å²) >= 11 is 0. The molecule has 1 amide bonds. The molecule has 2 aromatic carbocycles. The second kappa shape index (κ2) is 10.4. The Hall–Kier alpha value is -3.15. The molecule has 0 aliphatic heterocycles. The molecule has 0 bridgehead atoms. The van der Waals surface area contributed by atoms with Gasteiger partial charge in [-0.05, 0) is 56.7 Å². The fourth-order valence-electron chi connectivity index (χ4n) is 2.84. The van der Waals surface area contributed by atoms with E-state index in [4.69, 9.17) is 4.74 Å². The lowest BCUT2D eigenvalue weighted by Gasteiger charge is -2.16. The van der Waals surface area contributed by atoms with Gasteiger partial charge in [-0.1, -0.05) is 6.07 Å². The zero-order chi connectivity index (χ0) is 25.8. The second-order valence-electron chi connectivity index (χ2n) is 7.71. The van der Waals surface area contributed by atoms with Crippen LogP contribution in [0, 0.1) is 11.6 Å². The number of amides is 1. The summed E-state index contributed by atoms with van der Waals surface area (Å²) in [6.07, 6.45) is -1.96. The van der Waals surface area contributed by atoms with E-state index >= 15 is 0 Å². The van der Waals surface area contributed by atoms with E-state index in [1.54, 1.807) is 18.6 Å². The monoisotopic (exact) mass is 506 g/mol. The molecular weight excluding hydrogens is 483 g/mol. The first kappa shape index (κ1) is 27.1. The van der Waals surface area contributed by atoms with Gasteiger partial charge in [-0.3, -0.25) is 9.52 Å². The van der Waals surface area contributed by atoms with Crippen molar-refractivity contribution in [2.24, 2.45) is 0 Å². The van der Waals surface area contributed by atoms with Crippen LogP contribution in [0.1, 0.15) is 43.5 Å². The number of carbonyl (C=O) groups excluding carboxylic acids is 1. The number of anilines is 1. The topological polar surface area (TPSA) is 84.5 Å². The number of benzene rings is 2. The molecule has 0 aliphatic carbocycles. The molecule has 1 unspecified atom stereocenters. The van der Waals surface area contributed by atoms with Crippen molar-refractivity contribution in [2.45, 2.75) is 39.1 Å². The Morgan fingerprint density at radius 1 is 1.06 bits per heavy atom. The van der Waals surface area contributed by atoms with Crippen LogP contribution in [0.4, 0.5) is 27.6 Å². The Morgan fingerprint density at radius 2 is 1.65 bits per heavy atom. The number of sulfonamides is 1. The van der Waals surface area contributed by atoms with Crippen molar-refractivity contribution in [1.82, 2.24) is 5.32 Å². The van der Waals surface area contributed by atoms with Crippen molar-refractivity contribution >= 4 is 27.7 Å². The summed E-state index contributed by atoms with van der Waals surface area (Å²) in [4.78, 5) is 12.3. The summed E-state index contributed by atoms with van der Waals surface area (Å²) < 4.78 is 97.0. The lowest BCUT2D eigenvalue weighted by molar-refractivity contribution is -0.137. The average Bonchev–Trinajstić information content (AvgIpc) is 2.67. The second-order valence-corrected chi connectivity index (χ2v) is 9.46. The Bertz CT molecular complexity index is 1170. The van der Waals surface area contributed by atoms with Crippen LogP contribution in [-0.4, -0.2) is 26.7 Å². The molecule has 186 valence electrons. The Kier molecular flexibility index (Phi) is 8.30. The summed E-state index contributed by atoms with van der Waals surface area (Å²) in [7, 11) is -3.91. The van der Waals surface area contributed by atoms with E-state index in [0.717, 1.165) is 42.7 Å². The minimum absolute atomic E-state index is 0.0224. The van der Waals surface area contributed by atoms with Gasteiger partial charge in [-0.15, -0.1) is 0 Å². The van der Waals surface area contributed by atoms with Gasteiger partial charge >= 0.3 is 6.18 Å². The van der Waals surface area contributed by atoms with Gasteiger partial charge in [0, 0.05) is 11.6 Å². The maximum atomic E-state index is 14.2. The number of hydrogen-bond acceptors (Lipinski definition) is 4. The quantitative estimate of drug-likeness (QED) is 0.389. The number of halogens is 5. The molecule has 0 saturated heterocycles. The van der Waals surface area contributed by atoms with Crippen LogP contribution in [0.2, 0.25) is 0 Å². The molecule has 0 saturated carbocycles. The first-order chi connectivity index (χ1) is 15.6. The maximum Gasteiger partial charge on any atom is 0.416 e. The van der Waals surface area contributed by atoms with Gasteiger partial charge in [-0.2, -0.15) is 13.2 Å². The van der Waals surface area contributed by atoms with Gasteiger partial charge in [0.1, 0.15) is 11.4 Å². The molecule has 12 heteroatoms. The third-order valence-electron chi connectivity index (χ3n) is 4.33. The first-order valence-corrected chi connectivity index (χ1v) is 11.8. The van der Waals surface area contributed by atoms with Crippen LogP contribution < -0.4 is 14.8 Å². The van der Waals surface area contributed by atoms with Crippen molar-refractivity contribution in [3.63, 3.8) is 0 Å². The van der Waals surface area contributed by atoms with Crippen molar-refractivity contribution in [3.05, 3.63) is 64.7 Å². The van der Waals surface area contributed by atoms with E-state index in [9.17, 15) is 35.2 Å². The molecular formula is C22H23F5N2O4S. The van der Waals surface area contributed by atoms with E-state index in [0.29, 0.717) is 0 Å². The standard InChI is InChI=1S/C22H23F5N2O4S/c1-12(2)33-19-11-16(22(25,26)27)7-5-14(19)6-8-20(30)28-13(3)15-9-17(23)21(18(24)10-15)29-34(4,31)32/h5-13,29H,1-4H3,(H,28,30)/b8-6-. The predicted octanol–water partition coefficient (Wildman–Crippen LogP) is 5.03. The molecule has 6 nitrogen and oxygen atoms in total.